The van der Waals surface area contributed by atoms with Gasteiger partial charge in [0.2, 0.25) is 0 Å². The van der Waals surface area contributed by atoms with Crippen LogP contribution in [0, 0.1) is 13.8 Å². The molecule has 0 bridgehead atoms. The van der Waals surface area contributed by atoms with Crippen LogP contribution in [0.4, 0.5) is 0 Å². The van der Waals surface area contributed by atoms with Crippen molar-refractivity contribution in [3.05, 3.63) is 70.8 Å². The summed E-state index contributed by atoms with van der Waals surface area (Å²) in [5, 5.41) is 5.11. The molecular weight excluding hydrogens is 306 g/mol. The number of hydrogen-bond donors (Lipinski definition) is 2. The van der Waals surface area contributed by atoms with Gasteiger partial charge in [0, 0.05) is 19.2 Å². The Labute approximate surface area is 142 Å². The molecule has 23 heavy (non-hydrogen) atoms. The van der Waals surface area contributed by atoms with Crippen molar-refractivity contribution in [2.24, 2.45) is 0 Å². The van der Waals surface area contributed by atoms with Gasteiger partial charge in [-0.05, 0) is 54.9 Å². The molecule has 2 aromatic carbocycles. The summed E-state index contributed by atoms with van der Waals surface area (Å²) >= 11 is 5.29. The third kappa shape index (κ3) is 4.79. The van der Waals surface area contributed by atoms with Crippen molar-refractivity contribution in [1.29, 1.82) is 0 Å². The molecule has 0 aliphatic heterocycles. The number of rotatable bonds is 3. The lowest BCUT2D eigenvalue weighted by Gasteiger charge is -2.22. The van der Waals surface area contributed by atoms with Crippen LogP contribution in [0.1, 0.15) is 27.0 Å². The number of carbonyl (C=O) groups excluding carboxylic acids is 1. The first-order chi connectivity index (χ1) is 11.0. The summed E-state index contributed by atoms with van der Waals surface area (Å²) in [7, 11) is 1.72. The highest BCUT2D eigenvalue weighted by Crippen LogP contribution is 2.09. The fourth-order valence-electron chi connectivity index (χ4n) is 2.04. The van der Waals surface area contributed by atoms with E-state index in [0.717, 1.165) is 16.7 Å². The number of thiocarbonyl (C=S) groups is 1. The van der Waals surface area contributed by atoms with E-state index in [1.165, 1.54) is 5.01 Å². The van der Waals surface area contributed by atoms with Gasteiger partial charge in [-0.25, -0.2) is 0 Å². The van der Waals surface area contributed by atoms with Crippen molar-refractivity contribution in [2.75, 3.05) is 7.05 Å². The van der Waals surface area contributed by atoms with E-state index in [2.05, 4.69) is 10.7 Å². The van der Waals surface area contributed by atoms with Crippen LogP contribution in [0.2, 0.25) is 0 Å². The van der Waals surface area contributed by atoms with Crippen LogP contribution in [-0.2, 0) is 6.54 Å². The molecule has 120 valence electrons. The van der Waals surface area contributed by atoms with Gasteiger partial charge in [-0.15, -0.1) is 0 Å². The number of carbonyl (C=O) groups is 1. The average molecular weight is 327 g/mol. The topological polar surface area (TPSA) is 44.4 Å². The molecule has 0 spiro atoms. The molecule has 0 atom stereocenters. The fraction of sp³-hybridized carbons (Fsp3) is 0.222. The van der Waals surface area contributed by atoms with E-state index < -0.39 is 0 Å². The Kier molecular flexibility index (Phi) is 5.71. The summed E-state index contributed by atoms with van der Waals surface area (Å²) in [6.07, 6.45) is 0. The highest BCUT2D eigenvalue weighted by atomic mass is 32.1. The highest BCUT2D eigenvalue weighted by Gasteiger charge is 2.11. The fourth-order valence-corrected chi connectivity index (χ4v) is 2.16. The molecule has 2 aromatic rings. The van der Waals surface area contributed by atoms with Crippen molar-refractivity contribution in [2.45, 2.75) is 20.4 Å². The minimum Gasteiger partial charge on any atom is -0.357 e. The van der Waals surface area contributed by atoms with Crippen LogP contribution in [0.25, 0.3) is 0 Å². The first-order valence-electron chi connectivity index (χ1n) is 7.41. The first kappa shape index (κ1) is 17.0. The maximum Gasteiger partial charge on any atom is 0.269 e. The van der Waals surface area contributed by atoms with Crippen molar-refractivity contribution in [3.63, 3.8) is 0 Å². The lowest BCUT2D eigenvalue weighted by molar-refractivity contribution is 0.0886. The Morgan fingerprint density at radius 3 is 2.43 bits per heavy atom. The van der Waals surface area contributed by atoms with Gasteiger partial charge in [0.25, 0.3) is 5.91 Å². The van der Waals surface area contributed by atoms with Crippen molar-refractivity contribution < 1.29 is 4.79 Å². The predicted molar refractivity (Wildman–Crippen MR) is 97.0 cm³/mol. The Morgan fingerprint density at radius 2 is 1.78 bits per heavy atom. The summed E-state index contributed by atoms with van der Waals surface area (Å²) in [4.78, 5) is 12.3. The highest BCUT2D eigenvalue weighted by molar-refractivity contribution is 7.80. The summed E-state index contributed by atoms with van der Waals surface area (Å²) < 4.78 is 0. The summed E-state index contributed by atoms with van der Waals surface area (Å²) in [5.41, 5.74) is 6.76. The molecule has 0 radical (unpaired) electrons. The molecule has 0 aliphatic rings. The van der Waals surface area contributed by atoms with Crippen LogP contribution in [0.3, 0.4) is 0 Å². The number of hydrazine groups is 1. The molecule has 4 nitrogen and oxygen atoms in total. The van der Waals surface area contributed by atoms with Gasteiger partial charge < -0.3 is 5.32 Å². The maximum absolute atomic E-state index is 12.3. The van der Waals surface area contributed by atoms with E-state index in [1.807, 2.05) is 62.4 Å². The molecule has 0 fully saturated rings. The molecule has 0 heterocycles. The Balaban J connectivity index is 1.89. The van der Waals surface area contributed by atoms with Gasteiger partial charge in [0.05, 0.1) is 0 Å². The van der Waals surface area contributed by atoms with Crippen molar-refractivity contribution in [3.8, 4) is 0 Å². The standard InChI is InChI=1S/C18H21N3OS/c1-13-9-10-16(11-14(13)2)17(22)20-21(3)18(23)19-12-15-7-5-4-6-8-15/h4-11H,12H2,1-3H3,(H,19,23)(H,20,22). The van der Waals surface area contributed by atoms with Crippen molar-refractivity contribution in [1.82, 2.24) is 15.8 Å². The smallest absolute Gasteiger partial charge is 0.269 e. The third-order valence-electron chi connectivity index (χ3n) is 3.63. The number of aryl methyl sites for hydroxylation is 2. The van der Waals surface area contributed by atoms with Gasteiger partial charge >= 0.3 is 0 Å². The maximum atomic E-state index is 12.3. The van der Waals surface area contributed by atoms with E-state index in [0.29, 0.717) is 17.2 Å². The predicted octanol–water partition coefficient (Wildman–Crippen LogP) is 2.95. The van der Waals surface area contributed by atoms with Gasteiger partial charge in [0.1, 0.15) is 0 Å². The van der Waals surface area contributed by atoms with Crippen LogP contribution in [0.5, 0.6) is 0 Å². The van der Waals surface area contributed by atoms with E-state index in [1.54, 1.807) is 7.05 Å². The van der Waals surface area contributed by atoms with Crippen LogP contribution in [0.15, 0.2) is 48.5 Å². The molecular formula is C18H21N3OS. The normalized spacial score (nSPS) is 10.0. The van der Waals surface area contributed by atoms with Crippen LogP contribution < -0.4 is 10.7 Å². The number of hydrogen-bond acceptors (Lipinski definition) is 2. The monoisotopic (exact) mass is 327 g/mol. The quantitative estimate of drug-likeness (QED) is 0.672. The Morgan fingerprint density at radius 1 is 1.09 bits per heavy atom. The van der Waals surface area contributed by atoms with Crippen LogP contribution >= 0.6 is 12.2 Å². The molecule has 2 rings (SSSR count). The van der Waals surface area contributed by atoms with Gasteiger partial charge in [0.15, 0.2) is 5.11 Å². The molecule has 0 aromatic heterocycles. The zero-order valence-corrected chi connectivity index (χ0v) is 14.4. The average Bonchev–Trinajstić information content (AvgIpc) is 2.55. The summed E-state index contributed by atoms with van der Waals surface area (Å²) in [6.45, 7) is 4.62. The number of nitrogens with zero attached hydrogens (tertiary/aromatic N) is 1. The molecule has 0 saturated heterocycles. The van der Waals surface area contributed by atoms with Gasteiger partial charge in [-0.2, -0.15) is 0 Å². The SMILES string of the molecule is Cc1ccc(C(=O)NN(C)C(=S)NCc2ccccc2)cc1C. The number of amides is 1. The molecule has 0 saturated carbocycles. The van der Waals surface area contributed by atoms with E-state index >= 15 is 0 Å². The van der Waals surface area contributed by atoms with Gasteiger partial charge in [-0.3, -0.25) is 15.2 Å². The van der Waals surface area contributed by atoms with Gasteiger partial charge in [-0.1, -0.05) is 36.4 Å². The molecule has 5 heteroatoms. The summed E-state index contributed by atoms with van der Waals surface area (Å²) in [5.74, 6) is -0.181. The molecule has 1 amide bonds. The third-order valence-corrected chi connectivity index (χ3v) is 4.05. The lowest BCUT2D eigenvalue weighted by Crippen LogP contribution is -2.47. The second-order valence-electron chi connectivity index (χ2n) is 5.44. The molecule has 0 unspecified atom stereocenters. The Bertz CT molecular complexity index is 701. The minimum absolute atomic E-state index is 0.181. The first-order valence-corrected chi connectivity index (χ1v) is 7.82. The second-order valence-corrected chi connectivity index (χ2v) is 5.83. The van der Waals surface area contributed by atoms with E-state index in [9.17, 15) is 4.79 Å². The zero-order chi connectivity index (χ0) is 16.8. The summed E-state index contributed by atoms with van der Waals surface area (Å²) in [6, 6.07) is 15.6. The van der Waals surface area contributed by atoms with Crippen LogP contribution in [-0.4, -0.2) is 23.1 Å². The van der Waals surface area contributed by atoms with Crippen molar-refractivity contribution >= 4 is 23.2 Å². The molecule has 2 N–H and O–H groups in total. The molecule has 0 aliphatic carbocycles. The second kappa shape index (κ2) is 7.74. The Hall–Kier alpha value is -2.40. The number of benzene rings is 2. The largest absolute Gasteiger partial charge is 0.357 e. The lowest BCUT2D eigenvalue weighted by atomic mass is 10.1. The van der Waals surface area contributed by atoms with E-state index in [4.69, 9.17) is 12.2 Å². The zero-order valence-electron chi connectivity index (χ0n) is 13.6. The van der Waals surface area contributed by atoms with E-state index in [-0.39, 0.29) is 5.91 Å². The minimum atomic E-state index is -0.181. The number of nitrogens with one attached hydrogen (secondary N) is 2.